The van der Waals surface area contributed by atoms with E-state index in [1.807, 2.05) is 6.92 Å². The molecule has 0 saturated heterocycles. The van der Waals surface area contributed by atoms with Crippen LogP contribution in [-0.4, -0.2) is 46.6 Å². The van der Waals surface area contributed by atoms with Crippen LogP contribution >= 0.6 is 0 Å². The molecule has 0 saturated carbocycles. The van der Waals surface area contributed by atoms with Crippen molar-refractivity contribution in [2.45, 2.75) is 32.2 Å². The lowest BCUT2D eigenvalue weighted by Crippen LogP contribution is -2.34. The molecule has 0 aliphatic rings. The lowest BCUT2D eigenvalue weighted by Gasteiger charge is -2.20. The molecule has 0 unspecified atom stereocenters. The Morgan fingerprint density at radius 2 is 1.95 bits per heavy atom. The highest BCUT2D eigenvalue weighted by atomic mass is 32.2. The zero-order valence-corrected chi connectivity index (χ0v) is 13.6. The first-order valence-electron chi connectivity index (χ1n) is 6.62. The van der Waals surface area contributed by atoms with Gasteiger partial charge in [-0.2, -0.15) is 4.31 Å². The van der Waals surface area contributed by atoms with Crippen LogP contribution in [0.2, 0.25) is 0 Å². The van der Waals surface area contributed by atoms with E-state index in [-0.39, 0.29) is 4.90 Å². The van der Waals surface area contributed by atoms with Gasteiger partial charge >= 0.3 is 0 Å². The fourth-order valence-electron chi connectivity index (χ4n) is 2.20. The number of ether oxygens (including phenoxy) is 1. The molecule has 116 valence electrons. The van der Waals surface area contributed by atoms with E-state index in [4.69, 9.17) is 9.15 Å². The average Bonchev–Trinajstić information content (AvgIpc) is 2.66. The number of hydrogen-bond donors (Lipinski definition) is 1. The van der Waals surface area contributed by atoms with Crippen LogP contribution in [0.3, 0.4) is 0 Å². The van der Waals surface area contributed by atoms with Gasteiger partial charge in [0, 0.05) is 32.3 Å². The lowest BCUT2D eigenvalue weighted by atomic mass is 10.2. The van der Waals surface area contributed by atoms with E-state index in [1.54, 1.807) is 28.0 Å². The quantitative estimate of drug-likeness (QED) is 0.783. The molecule has 0 aliphatic carbocycles. The molecule has 0 spiro atoms. The summed E-state index contributed by atoms with van der Waals surface area (Å²) in [7, 11) is -0.232. The van der Waals surface area contributed by atoms with Gasteiger partial charge in [-0.15, -0.1) is 0 Å². The standard InChI is InChI=1S/C13H24N2O4S/c1-6-15(7-8-18-5)20(16,17)13-11(3)19-10(2)12(13)9-14-4/h14H,6-9H2,1-5H3. The van der Waals surface area contributed by atoms with Gasteiger partial charge in [0.1, 0.15) is 16.4 Å². The van der Waals surface area contributed by atoms with Crippen LogP contribution in [0.5, 0.6) is 0 Å². The smallest absolute Gasteiger partial charge is 0.246 e. The van der Waals surface area contributed by atoms with Crippen molar-refractivity contribution in [3.63, 3.8) is 0 Å². The molecule has 0 aromatic carbocycles. The highest BCUT2D eigenvalue weighted by Crippen LogP contribution is 2.29. The first-order chi connectivity index (χ1) is 9.39. The maximum Gasteiger partial charge on any atom is 0.246 e. The van der Waals surface area contributed by atoms with Crippen LogP contribution in [0, 0.1) is 13.8 Å². The Bertz CT molecular complexity index is 537. The van der Waals surface area contributed by atoms with E-state index in [0.717, 1.165) is 0 Å². The molecule has 1 N–H and O–H groups in total. The molecule has 0 radical (unpaired) electrons. The Balaban J connectivity index is 3.26. The molecule has 20 heavy (non-hydrogen) atoms. The maximum atomic E-state index is 12.8. The summed E-state index contributed by atoms with van der Waals surface area (Å²) >= 11 is 0. The van der Waals surface area contributed by atoms with Crippen molar-refractivity contribution in [1.82, 2.24) is 9.62 Å². The zero-order chi connectivity index (χ0) is 15.3. The number of hydrogen-bond acceptors (Lipinski definition) is 5. The molecule has 0 atom stereocenters. The third-order valence-corrected chi connectivity index (χ3v) is 5.34. The SMILES string of the molecule is CCN(CCOC)S(=O)(=O)c1c(C)oc(C)c1CNC. The number of nitrogens with one attached hydrogen (secondary N) is 1. The molecule has 0 aliphatic heterocycles. The van der Waals surface area contributed by atoms with E-state index in [0.29, 0.717) is 43.3 Å². The predicted octanol–water partition coefficient (Wildman–Crippen LogP) is 1.27. The third kappa shape index (κ3) is 3.41. The minimum absolute atomic E-state index is 0.280. The number of rotatable bonds is 8. The van der Waals surface area contributed by atoms with Gasteiger partial charge in [0.15, 0.2) is 0 Å². The van der Waals surface area contributed by atoms with Crippen LogP contribution in [0.1, 0.15) is 24.0 Å². The van der Waals surface area contributed by atoms with Crippen LogP contribution in [-0.2, 0) is 21.3 Å². The van der Waals surface area contributed by atoms with Gasteiger partial charge in [0.05, 0.1) is 6.61 Å². The molecule has 1 aromatic rings. The van der Waals surface area contributed by atoms with Crippen molar-refractivity contribution < 1.29 is 17.6 Å². The van der Waals surface area contributed by atoms with Crippen molar-refractivity contribution in [1.29, 1.82) is 0 Å². The average molecular weight is 304 g/mol. The number of sulfonamides is 1. The van der Waals surface area contributed by atoms with E-state index in [1.165, 1.54) is 4.31 Å². The second-order valence-corrected chi connectivity index (χ2v) is 6.42. The Morgan fingerprint density at radius 3 is 2.45 bits per heavy atom. The normalized spacial score (nSPS) is 12.3. The molecule has 1 aromatic heterocycles. The summed E-state index contributed by atoms with van der Waals surface area (Å²) in [6.07, 6.45) is 0. The van der Waals surface area contributed by atoms with Gasteiger partial charge in [-0.3, -0.25) is 0 Å². The third-order valence-electron chi connectivity index (χ3n) is 3.17. The Hall–Kier alpha value is -0.890. The Labute approximate surface area is 121 Å². The first-order valence-corrected chi connectivity index (χ1v) is 8.06. The van der Waals surface area contributed by atoms with Gasteiger partial charge in [0.2, 0.25) is 10.0 Å². The molecular weight excluding hydrogens is 280 g/mol. The molecule has 0 bridgehead atoms. The fourth-order valence-corrected chi connectivity index (χ4v) is 4.04. The maximum absolute atomic E-state index is 12.8. The second kappa shape index (κ2) is 7.21. The van der Waals surface area contributed by atoms with Gasteiger partial charge in [-0.25, -0.2) is 8.42 Å². The van der Waals surface area contributed by atoms with E-state index < -0.39 is 10.0 Å². The van der Waals surface area contributed by atoms with Crippen LogP contribution in [0.15, 0.2) is 9.31 Å². The van der Waals surface area contributed by atoms with Crippen molar-refractivity contribution in [3.05, 3.63) is 17.1 Å². The van der Waals surface area contributed by atoms with Crippen molar-refractivity contribution in [2.75, 3.05) is 33.9 Å². The van der Waals surface area contributed by atoms with Gasteiger partial charge in [-0.1, -0.05) is 6.92 Å². The summed E-state index contributed by atoms with van der Waals surface area (Å²) in [5.74, 6) is 1.07. The van der Waals surface area contributed by atoms with E-state index >= 15 is 0 Å². The van der Waals surface area contributed by atoms with Crippen molar-refractivity contribution >= 4 is 10.0 Å². The number of furan rings is 1. The largest absolute Gasteiger partial charge is 0.465 e. The van der Waals surface area contributed by atoms with Crippen molar-refractivity contribution in [2.24, 2.45) is 0 Å². The Morgan fingerprint density at radius 1 is 1.30 bits per heavy atom. The zero-order valence-electron chi connectivity index (χ0n) is 12.8. The summed E-state index contributed by atoms with van der Waals surface area (Å²) in [6, 6.07) is 0. The topological polar surface area (TPSA) is 71.8 Å². The summed E-state index contributed by atoms with van der Waals surface area (Å²) in [5, 5.41) is 2.98. The number of methoxy groups -OCH3 is 1. The number of likely N-dealkylation sites (N-methyl/N-ethyl adjacent to an activating group) is 1. The molecule has 7 heteroatoms. The number of nitrogens with zero attached hydrogens (tertiary/aromatic N) is 1. The Kier molecular flexibility index (Phi) is 6.19. The molecule has 0 fully saturated rings. The van der Waals surface area contributed by atoms with Crippen LogP contribution in [0.4, 0.5) is 0 Å². The summed E-state index contributed by atoms with van der Waals surface area (Å²) in [4.78, 5) is 0.280. The molecule has 6 nitrogen and oxygen atoms in total. The molecule has 1 heterocycles. The van der Waals surface area contributed by atoms with Crippen molar-refractivity contribution in [3.8, 4) is 0 Å². The van der Waals surface area contributed by atoms with Gasteiger partial charge in [-0.05, 0) is 20.9 Å². The first kappa shape index (κ1) is 17.2. The molecule has 1 rings (SSSR count). The fraction of sp³-hybridized carbons (Fsp3) is 0.692. The van der Waals surface area contributed by atoms with E-state index in [2.05, 4.69) is 5.32 Å². The molecule has 0 amide bonds. The highest BCUT2D eigenvalue weighted by Gasteiger charge is 2.31. The van der Waals surface area contributed by atoms with Crippen LogP contribution < -0.4 is 5.32 Å². The minimum atomic E-state index is -3.57. The van der Waals surface area contributed by atoms with Gasteiger partial charge < -0.3 is 14.5 Å². The monoisotopic (exact) mass is 304 g/mol. The lowest BCUT2D eigenvalue weighted by molar-refractivity contribution is 0.180. The number of aryl methyl sites for hydroxylation is 2. The minimum Gasteiger partial charge on any atom is -0.465 e. The predicted molar refractivity (Wildman–Crippen MR) is 77.3 cm³/mol. The summed E-state index contributed by atoms with van der Waals surface area (Å²) in [6.45, 7) is 6.83. The van der Waals surface area contributed by atoms with Crippen LogP contribution in [0.25, 0.3) is 0 Å². The summed E-state index contributed by atoms with van der Waals surface area (Å²) in [5.41, 5.74) is 0.695. The summed E-state index contributed by atoms with van der Waals surface area (Å²) < 4.78 is 37.5. The molecular formula is C13H24N2O4S. The second-order valence-electron chi connectivity index (χ2n) is 4.54. The van der Waals surface area contributed by atoms with E-state index in [9.17, 15) is 8.42 Å². The highest BCUT2D eigenvalue weighted by molar-refractivity contribution is 7.89. The van der Waals surface area contributed by atoms with Gasteiger partial charge in [0.25, 0.3) is 0 Å².